The number of benzene rings is 2. The molecule has 3 aromatic rings. The Morgan fingerprint density at radius 3 is 2.00 bits per heavy atom. The van der Waals surface area contributed by atoms with E-state index in [1.165, 1.54) is 12.1 Å². The van der Waals surface area contributed by atoms with Crippen molar-refractivity contribution in [2.24, 2.45) is 22.7 Å². The van der Waals surface area contributed by atoms with Crippen LogP contribution in [0.4, 0.5) is 50.0 Å². The summed E-state index contributed by atoms with van der Waals surface area (Å²) in [6.45, 7) is 8.83. The van der Waals surface area contributed by atoms with E-state index in [-0.39, 0.29) is 52.8 Å². The lowest BCUT2D eigenvalue weighted by atomic mass is 9.77. The third-order valence-electron chi connectivity index (χ3n) is 13.4. The number of ketones is 1. The third kappa shape index (κ3) is 16.8. The van der Waals surface area contributed by atoms with Gasteiger partial charge >= 0.3 is 41.0 Å². The van der Waals surface area contributed by atoms with Gasteiger partial charge < -0.3 is 23.8 Å². The van der Waals surface area contributed by atoms with Gasteiger partial charge in [0.25, 0.3) is 5.69 Å². The number of carbonyl (C=O) groups is 5. The number of para-hydroxylation sites is 1. The number of nitro groups is 1. The number of nitrogens with zero attached hydrogens (tertiary/aromatic N) is 3. The first kappa shape index (κ1) is 63.8. The zero-order valence-electron chi connectivity index (χ0n) is 43.8. The maximum atomic E-state index is 14.6. The molecule has 2 amide bonds. The fourth-order valence-corrected chi connectivity index (χ4v) is 9.62. The highest BCUT2D eigenvalue weighted by Gasteiger charge is 2.62. The van der Waals surface area contributed by atoms with Crippen molar-refractivity contribution < 1.29 is 100.0 Å². The fraction of sp³-hybridized carbons (Fsp3) is 0.600. The average Bonchev–Trinajstić information content (AvgIpc) is 4.37. The van der Waals surface area contributed by atoms with Gasteiger partial charge in [-0.05, 0) is 89.0 Å². The summed E-state index contributed by atoms with van der Waals surface area (Å²) < 4.78 is 170. The number of nitrogens with one attached hydrogen (secondary N) is 1. The predicted octanol–water partition coefficient (Wildman–Crippen LogP) is 11.0. The molecule has 18 nitrogen and oxygen atoms in total. The van der Waals surface area contributed by atoms with Crippen LogP contribution in [-0.2, 0) is 49.6 Å². The number of non-ortho nitro benzene ring substituents is 1. The number of amides is 2. The third-order valence-corrected chi connectivity index (χ3v) is 14.7. The lowest BCUT2D eigenvalue weighted by molar-refractivity contribution is -0.384. The number of aryl methyl sites for hydroxylation is 1. The van der Waals surface area contributed by atoms with Crippen molar-refractivity contribution in [3.63, 3.8) is 0 Å². The van der Waals surface area contributed by atoms with Gasteiger partial charge in [0, 0.05) is 48.5 Å². The zero-order valence-corrected chi connectivity index (χ0v) is 45.4. The van der Waals surface area contributed by atoms with E-state index in [1.807, 2.05) is 4.72 Å². The van der Waals surface area contributed by atoms with Crippen molar-refractivity contribution in [1.29, 1.82) is 0 Å². The molecule has 1 N–H and O–H groups in total. The summed E-state index contributed by atoms with van der Waals surface area (Å²) in [5.74, 6) is -5.59. The molecule has 2 aromatic carbocycles. The molecule has 1 aromatic heterocycles. The van der Waals surface area contributed by atoms with Gasteiger partial charge in [-0.3, -0.25) is 38.5 Å². The number of Topliss-reactive ketones (excluding diaryl/α,β-unsaturated/α-hetero) is 1. The van der Waals surface area contributed by atoms with E-state index >= 15 is 0 Å². The molecular formula is C50H58ClF9N4O14S. The molecule has 0 unspecified atom stereocenters. The smallest absolute Gasteiger partial charge is 0.488 e. The number of halogens is 10. The van der Waals surface area contributed by atoms with Crippen LogP contribution in [-0.4, -0.2) is 107 Å². The monoisotopic (exact) mass is 1180 g/mol. The Labute approximate surface area is 452 Å². The van der Waals surface area contributed by atoms with Gasteiger partial charge in [0.05, 0.1) is 51.9 Å². The Kier molecular flexibility index (Phi) is 19.0. The van der Waals surface area contributed by atoms with Crippen LogP contribution in [0.2, 0.25) is 5.02 Å². The lowest BCUT2D eigenvalue weighted by Gasteiger charge is -2.35. The molecule has 79 heavy (non-hydrogen) atoms. The number of pyridine rings is 1. The number of fused-ring (bicyclic) bond motifs is 1. The van der Waals surface area contributed by atoms with Crippen LogP contribution in [0, 0.1) is 32.8 Å². The van der Waals surface area contributed by atoms with Crippen molar-refractivity contribution in [2.45, 2.75) is 161 Å². The number of esters is 1. The fourth-order valence-electron chi connectivity index (χ4n) is 8.38. The SMILES string of the molecule is CC(C)(OC(=O)Oc1ccc([N+](=O)[O-])cc1)C(F)(F)F.CC[C@@H]1C[C@]1(CC(=O)[C@@H]1C[C@@H](Oc2cc(CCC(F)(F)F)nc3c(Cl)cccc23)CN1C(=O)[C@@H](CC(=O)OC(C)(C)C(F)(F)F)C(C)(C)C)C(=O)NS(=O)(=O)OC1CC1. The molecule has 0 radical (unpaired) electrons. The van der Waals surface area contributed by atoms with Crippen molar-refractivity contribution >= 4 is 68.2 Å². The van der Waals surface area contributed by atoms with Crippen LogP contribution in [0.3, 0.4) is 0 Å². The van der Waals surface area contributed by atoms with Gasteiger partial charge in [0.2, 0.25) is 23.0 Å². The largest absolute Gasteiger partial charge is 0.514 e. The Balaban J connectivity index is 0.000000483. The summed E-state index contributed by atoms with van der Waals surface area (Å²) in [5.41, 5.74) is -8.26. The molecule has 0 spiro atoms. The minimum absolute atomic E-state index is 0.00233. The minimum Gasteiger partial charge on any atom is -0.488 e. The number of likely N-dealkylation sites (tertiary alicyclic amines) is 1. The van der Waals surface area contributed by atoms with Crippen LogP contribution < -0.4 is 14.2 Å². The molecule has 0 bridgehead atoms. The number of hydrogen-bond donors (Lipinski definition) is 1. The number of alkyl halides is 9. The van der Waals surface area contributed by atoms with E-state index in [4.69, 9.17) is 25.3 Å². The maximum Gasteiger partial charge on any atom is 0.514 e. The first-order chi connectivity index (χ1) is 36.1. The number of hydrogen-bond acceptors (Lipinski definition) is 15. The number of carbonyl (C=O) groups excluding carboxylic acids is 5. The van der Waals surface area contributed by atoms with Gasteiger partial charge in [-0.25, -0.2) is 9.52 Å². The van der Waals surface area contributed by atoms with E-state index < -0.39 is 141 Å². The molecular weight excluding hydrogens is 1120 g/mol. The van der Waals surface area contributed by atoms with Crippen LogP contribution >= 0.6 is 11.6 Å². The standard InChI is InChI=1S/C39H48ClF6N3O9S.C11H10F3NO5/c1-7-21-18-37(21,34(53)48-59(54,55)58-23-11-12-23)19-29(50)28-16-24(56-30-15-22(13-14-38(41,42)43)47-32-25(30)9-8-10-27(32)40)20-49(28)33(52)26(35(2,3)4)17-31(51)57-36(5,6)39(44,45)46;1-10(2,11(12,13)14)20-9(16)19-8-5-3-7(4-6-8)15(17)18/h8-10,15,21,23-24,26,28H,7,11-14,16-20H2,1-6H3,(H,48,53);3-6H,1-2H3/t21-,24-,26-,28+,37-;/m1./s1. The van der Waals surface area contributed by atoms with Gasteiger partial charge in [-0.1, -0.05) is 51.8 Å². The van der Waals surface area contributed by atoms with Gasteiger partial charge in [-0.2, -0.15) is 47.9 Å². The van der Waals surface area contributed by atoms with E-state index in [1.54, 1.807) is 39.8 Å². The number of rotatable bonds is 19. The Bertz CT molecular complexity index is 2890. The predicted molar refractivity (Wildman–Crippen MR) is 261 cm³/mol. The summed E-state index contributed by atoms with van der Waals surface area (Å²) in [6, 6.07) is 8.81. The highest BCUT2D eigenvalue weighted by Crippen LogP contribution is 2.58. The van der Waals surface area contributed by atoms with E-state index in [2.05, 4.69) is 14.5 Å². The molecule has 438 valence electrons. The van der Waals surface area contributed by atoms with E-state index in [0.29, 0.717) is 52.3 Å². The summed E-state index contributed by atoms with van der Waals surface area (Å²) in [5, 5.41) is 10.8. The Morgan fingerprint density at radius 1 is 0.886 bits per heavy atom. The van der Waals surface area contributed by atoms with Crippen LogP contribution in [0.15, 0.2) is 48.5 Å². The second-order valence-electron chi connectivity index (χ2n) is 21.5. The zero-order chi connectivity index (χ0) is 59.6. The normalized spacial score (nSPS) is 20.3. The molecule has 3 fully saturated rings. The molecule has 2 aliphatic carbocycles. The molecule has 2 saturated carbocycles. The molecule has 2 heterocycles. The van der Waals surface area contributed by atoms with Crippen molar-refractivity contribution in [3.05, 3.63) is 69.4 Å². The first-order valence-electron chi connectivity index (χ1n) is 24.5. The number of nitro benzene ring substituents is 1. The first-order valence-corrected chi connectivity index (χ1v) is 26.3. The molecule has 1 saturated heterocycles. The quantitative estimate of drug-likeness (QED) is 0.0386. The minimum atomic E-state index is -4.93. The van der Waals surface area contributed by atoms with Crippen LogP contribution in [0.5, 0.6) is 11.5 Å². The van der Waals surface area contributed by atoms with Crippen LogP contribution in [0.1, 0.15) is 112 Å². The highest BCUT2D eigenvalue weighted by molar-refractivity contribution is 7.85. The maximum absolute atomic E-state index is 14.6. The second kappa shape index (κ2) is 23.6. The lowest BCUT2D eigenvalue weighted by Crippen LogP contribution is -2.49. The molecule has 6 rings (SSSR count). The molecule has 1 aliphatic heterocycles. The number of aromatic nitrogens is 1. The molecule has 5 atom stereocenters. The van der Waals surface area contributed by atoms with Crippen LogP contribution in [0.25, 0.3) is 10.9 Å². The van der Waals surface area contributed by atoms with E-state index in [9.17, 15) is 82.0 Å². The number of ether oxygens (including phenoxy) is 4. The highest BCUT2D eigenvalue weighted by atomic mass is 35.5. The van der Waals surface area contributed by atoms with Crippen molar-refractivity contribution in [1.82, 2.24) is 14.6 Å². The average molecular weight is 1180 g/mol. The van der Waals surface area contributed by atoms with Crippen molar-refractivity contribution in [2.75, 3.05) is 6.54 Å². The summed E-state index contributed by atoms with van der Waals surface area (Å²) in [4.78, 5) is 82.1. The summed E-state index contributed by atoms with van der Waals surface area (Å²) in [7, 11) is -4.50. The summed E-state index contributed by atoms with van der Waals surface area (Å²) >= 11 is 6.39. The second-order valence-corrected chi connectivity index (χ2v) is 23.2. The molecule has 29 heteroatoms. The van der Waals surface area contributed by atoms with Gasteiger partial charge in [0.1, 0.15) is 17.6 Å². The van der Waals surface area contributed by atoms with Gasteiger partial charge in [0.15, 0.2) is 5.78 Å². The van der Waals surface area contributed by atoms with E-state index in [0.717, 1.165) is 29.2 Å². The topological polar surface area (TPSA) is 237 Å². The Morgan fingerprint density at radius 2 is 1.48 bits per heavy atom. The van der Waals surface area contributed by atoms with Crippen molar-refractivity contribution in [3.8, 4) is 11.5 Å². The molecule has 3 aliphatic rings. The Hall–Kier alpha value is -6.03. The summed E-state index contributed by atoms with van der Waals surface area (Å²) in [6.07, 6.45) is -19.0. The van der Waals surface area contributed by atoms with Gasteiger partial charge in [-0.15, -0.1) is 0 Å².